The number of nitrogens with zero attached hydrogens (tertiary/aromatic N) is 3. The zero-order chi connectivity index (χ0) is 29.6. The number of rotatable bonds is 8. The van der Waals surface area contributed by atoms with Gasteiger partial charge in [-0.2, -0.15) is 0 Å². The quantitative estimate of drug-likeness (QED) is 0.274. The summed E-state index contributed by atoms with van der Waals surface area (Å²) in [7, 11) is -1.78. The van der Waals surface area contributed by atoms with E-state index in [2.05, 4.69) is 41.8 Å². The van der Waals surface area contributed by atoms with E-state index in [9.17, 15) is 13.2 Å². The molecule has 8 heteroatoms. The second kappa shape index (κ2) is 10.8. The summed E-state index contributed by atoms with van der Waals surface area (Å²) in [6.45, 7) is 6.59. The molecule has 1 amide bonds. The van der Waals surface area contributed by atoms with Crippen molar-refractivity contribution in [3.8, 4) is 0 Å². The van der Waals surface area contributed by atoms with Gasteiger partial charge in [0.15, 0.2) is 0 Å². The van der Waals surface area contributed by atoms with Gasteiger partial charge in [-0.05, 0) is 72.6 Å². The summed E-state index contributed by atoms with van der Waals surface area (Å²) in [6, 6.07) is 22.9. The third-order valence-corrected chi connectivity index (χ3v) is 10.6. The average molecular weight is 583 g/mol. The molecule has 2 aliphatic rings. The van der Waals surface area contributed by atoms with Gasteiger partial charge in [-0.25, -0.2) is 18.1 Å². The van der Waals surface area contributed by atoms with E-state index in [1.54, 1.807) is 18.3 Å². The molecule has 4 aromatic rings. The van der Waals surface area contributed by atoms with Crippen LogP contribution in [0.5, 0.6) is 0 Å². The molecular formula is C34H38N4O3S. The number of carbonyl (C=O) groups is 1. The molecule has 7 nitrogen and oxygen atoms in total. The van der Waals surface area contributed by atoms with E-state index >= 15 is 0 Å². The van der Waals surface area contributed by atoms with Crippen molar-refractivity contribution in [1.29, 1.82) is 0 Å². The standard InChI is InChI=1S/C34H38N4O3S/c1-23-13-17-27(18-14-23)42(40,41)36-29-12-8-11-24-15-16-26(21-28(24)29)38(22-30-35-19-20-37(30)4)33(39)32-31(34(32,2)3)25-9-6-5-7-10-25/h5-7,9-10,13-21,29,31-32,36H,8,11-12,22H2,1-4H3/t29-,31-,32+/m1/s1. The number of sulfonamides is 1. The van der Waals surface area contributed by atoms with Crippen LogP contribution in [0.25, 0.3) is 0 Å². The lowest BCUT2D eigenvalue weighted by molar-refractivity contribution is -0.120. The van der Waals surface area contributed by atoms with Crippen LogP contribution < -0.4 is 9.62 Å². The van der Waals surface area contributed by atoms with Gasteiger partial charge in [-0.15, -0.1) is 0 Å². The summed E-state index contributed by atoms with van der Waals surface area (Å²) in [5.74, 6) is 0.797. The van der Waals surface area contributed by atoms with E-state index in [-0.39, 0.29) is 34.1 Å². The molecule has 3 aromatic carbocycles. The van der Waals surface area contributed by atoms with E-state index in [0.29, 0.717) is 13.0 Å². The highest BCUT2D eigenvalue weighted by molar-refractivity contribution is 7.89. The smallest absolute Gasteiger partial charge is 0.241 e. The van der Waals surface area contributed by atoms with Gasteiger partial charge >= 0.3 is 0 Å². The van der Waals surface area contributed by atoms with Crippen LogP contribution in [0.1, 0.15) is 66.7 Å². The molecule has 42 heavy (non-hydrogen) atoms. The van der Waals surface area contributed by atoms with E-state index in [0.717, 1.165) is 41.0 Å². The van der Waals surface area contributed by atoms with E-state index < -0.39 is 10.0 Å². The predicted octanol–water partition coefficient (Wildman–Crippen LogP) is 6.06. The van der Waals surface area contributed by atoms with Crippen LogP contribution in [0.3, 0.4) is 0 Å². The minimum atomic E-state index is -3.72. The molecule has 1 heterocycles. The van der Waals surface area contributed by atoms with Crippen LogP contribution in [0.15, 0.2) is 90.1 Å². The zero-order valence-electron chi connectivity index (χ0n) is 24.6. The number of benzene rings is 3. The Morgan fingerprint density at radius 3 is 2.50 bits per heavy atom. The number of nitrogens with one attached hydrogen (secondary N) is 1. The molecule has 218 valence electrons. The van der Waals surface area contributed by atoms with Gasteiger partial charge < -0.3 is 9.47 Å². The van der Waals surface area contributed by atoms with Gasteiger partial charge in [0, 0.05) is 37.1 Å². The van der Waals surface area contributed by atoms with Crippen LogP contribution in [-0.4, -0.2) is 23.9 Å². The summed E-state index contributed by atoms with van der Waals surface area (Å²) in [6.07, 6.45) is 6.08. The van der Waals surface area contributed by atoms with Gasteiger partial charge in [-0.1, -0.05) is 67.9 Å². The summed E-state index contributed by atoms with van der Waals surface area (Å²) in [5, 5.41) is 0. The number of carbonyl (C=O) groups excluding carboxylic acids is 1. The van der Waals surface area contributed by atoms with Gasteiger partial charge in [0.2, 0.25) is 15.9 Å². The van der Waals surface area contributed by atoms with Crippen molar-refractivity contribution in [3.05, 3.63) is 113 Å². The molecule has 1 aromatic heterocycles. The highest BCUT2D eigenvalue weighted by Crippen LogP contribution is 2.65. The first-order chi connectivity index (χ1) is 20.1. The molecule has 0 radical (unpaired) electrons. The zero-order valence-corrected chi connectivity index (χ0v) is 25.4. The number of fused-ring (bicyclic) bond motifs is 1. The number of hydrogen-bond acceptors (Lipinski definition) is 4. The van der Waals surface area contributed by atoms with Crippen molar-refractivity contribution in [1.82, 2.24) is 14.3 Å². The van der Waals surface area contributed by atoms with E-state index in [4.69, 9.17) is 0 Å². The maximum atomic E-state index is 14.4. The largest absolute Gasteiger partial charge is 0.337 e. The molecule has 1 fully saturated rings. The van der Waals surface area contributed by atoms with Crippen LogP contribution in [0, 0.1) is 18.3 Å². The Kier molecular flexibility index (Phi) is 7.31. The Labute approximate surface area is 248 Å². The van der Waals surface area contributed by atoms with Crippen LogP contribution in [0.4, 0.5) is 5.69 Å². The summed E-state index contributed by atoms with van der Waals surface area (Å²) in [5.41, 5.74) is 4.80. The van der Waals surface area contributed by atoms with Crippen molar-refractivity contribution in [2.45, 2.75) is 63.4 Å². The number of aryl methyl sites for hydroxylation is 3. The highest BCUT2D eigenvalue weighted by atomic mass is 32.2. The number of anilines is 1. The Morgan fingerprint density at radius 1 is 1.07 bits per heavy atom. The summed E-state index contributed by atoms with van der Waals surface area (Å²) >= 11 is 0. The molecule has 3 atom stereocenters. The van der Waals surface area contributed by atoms with Gasteiger partial charge in [-0.3, -0.25) is 4.79 Å². The molecule has 0 aliphatic heterocycles. The maximum absolute atomic E-state index is 14.4. The predicted molar refractivity (Wildman–Crippen MR) is 164 cm³/mol. The van der Waals surface area contributed by atoms with E-state index in [1.807, 2.05) is 72.1 Å². The first kappa shape index (κ1) is 28.4. The lowest BCUT2D eigenvalue weighted by Gasteiger charge is -2.30. The number of imidazole rings is 1. The van der Waals surface area contributed by atoms with Gasteiger partial charge in [0.1, 0.15) is 5.82 Å². The molecule has 0 saturated heterocycles. The second-order valence-corrected chi connectivity index (χ2v) is 14.0. The third kappa shape index (κ3) is 5.29. The molecule has 0 bridgehead atoms. The fourth-order valence-electron chi connectivity index (χ4n) is 6.59. The molecule has 0 spiro atoms. The summed E-state index contributed by atoms with van der Waals surface area (Å²) in [4.78, 5) is 21.0. The monoisotopic (exact) mass is 582 g/mol. The van der Waals surface area contributed by atoms with Crippen molar-refractivity contribution in [3.63, 3.8) is 0 Å². The molecule has 1 N–H and O–H groups in total. The number of aromatic nitrogens is 2. The SMILES string of the molecule is Cc1ccc(S(=O)(=O)N[C@@H]2CCCc3ccc(N(Cc4nccn4C)C(=O)[C@@H]4[C@@H](c5ccccc5)C4(C)C)cc32)cc1. The fraction of sp³-hybridized carbons (Fsp3) is 0.353. The highest BCUT2D eigenvalue weighted by Gasteiger charge is 2.63. The normalized spacial score (nSPS) is 21.0. The van der Waals surface area contributed by atoms with Crippen LogP contribution in [-0.2, 0) is 34.8 Å². The maximum Gasteiger partial charge on any atom is 0.241 e. The van der Waals surface area contributed by atoms with Crippen molar-refractivity contribution < 1.29 is 13.2 Å². The van der Waals surface area contributed by atoms with Crippen LogP contribution >= 0.6 is 0 Å². The molecule has 0 unspecified atom stereocenters. The molecule has 6 rings (SSSR count). The first-order valence-corrected chi connectivity index (χ1v) is 16.1. The Hall–Kier alpha value is -3.75. The molecule has 2 aliphatic carbocycles. The average Bonchev–Trinajstić information content (AvgIpc) is 3.32. The fourth-order valence-corrected chi connectivity index (χ4v) is 7.84. The van der Waals surface area contributed by atoms with Gasteiger partial charge in [0.05, 0.1) is 17.4 Å². The Balaban J connectivity index is 1.35. The van der Waals surface area contributed by atoms with Gasteiger partial charge in [0.25, 0.3) is 0 Å². The van der Waals surface area contributed by atoms with E-state index in [1.165, 1.54) is 5.56 Å². The van der Waals surface area contributed by atoms with Crippen molar-refractivity contribution in [2.75, 3.05) is 4.90 Å². The first-order valence-electron chi connectivity index (χ1n) is 14.6. The molecule has 1 saturated carbocycles. The van der Waals surface area contributed by atoms with Crippen molar-refractivity contribution in [2.24, 2.45) is 18.4 Å². The lowest BCUT2D eigenvalue weighted by Crippen LogP contribution is -2.35. The lowest BCUT2D eigenvalue weighted by atomic mass is 9.87. The molecular weight excluding hydrogens is 544 g/mol. The van der Waals surface area contributed by atoms with Crippen LogP contribution in [0.2, 0.25) is 0 Å². The number of hydrogen-bond donors (Lipinski definition) is 1. The summed E-state index contributed by atoms with van der Waals surface area (Å²) < 4.78 is 31.6. The second-order valence-electron chi connectivity index (χ2n) is 12.3. The third-order valence-electron chi connectivity index (χ3n) is 9.12. The minimum absolute atomic E-state index is 0.0596. The topological polar surface area (TPSA) is 84.3 Å². The number of amides is 1. The minimum Gasteiger partial charge on any atom is -0.337 e. The Bertz CT molecular complexity index is 1710. The Morgan fingerprint density at radius 2 is 1.81 bits per heavy atom. The van der Waals surface area contributed by atoms with Crippen molar-refractivity contribution >= 4 is 21.6 Å².